The Morgan fingerprint density at radius 1 is 1.28 bits per heavy atom. The average Bonchev–Trinajstić information content (AvgIpc) is 2.98. The van der Waals surface area contributed by atoms with Crippen molar-refractivity contribution < 1.29 is 18.7 Å². The molecular formula is C20H36O4Si. The molecule has 5 heteroatoms. The van der Waals surface area contributed by atoms with E-state index in [2.05, 4.69) is 39.9 Å². The van der Waals surface area contributed by atoms with Crippen molar-refractivity contribution in [1.29, 1.82) is 0 Å². The number of hydrogen-bond donors (Lipinski definition) is 0. The van der Waals surface area contributed by atoms with E-state index in [-0.39, 0.29) is 5.04 Å². The minimum atomic E-state index is -1.77. The van der Waals surface area contributed by atoms with E-state index in [1.165, 1.54) is 0 Å². The molecule has 0 bridgehead atoms. The van der Waals surface area contributed by atoms with Gasteiger partial charge in [-0.15, -0.1) is 0 Å². The summed E-state index contributed by atoms with van der Waals surface area (Å²) in [6.45, 7) is 16.0. The number of rotatable bonds is 7. The van der Waals surface area contributed by atoms with E-state index in [9.17, 15) is 4.79 Å². The van der Waals surface area contributed by atoms with Crippen molar-refractivity contribution >= 4 is 14.6 Å². The lowest BCUT2D eigenvalue weighted by Gasteiger charge is -2.39. The van der Waals surface area contributed by atoms with Crippen molar-refractivity contribution in [2.24, 2.45) is 11.8 Å². The fourth-order valence-corrected chi connectivity index (χ4v) is 4.87. The Bertz CT molecular complexity index is 532. The van der Waals surface area contributed by atoms with Crippen LogP contribution < -0.4 is 0 Å². The first-order chi connectivity index (χ1) is 11.4. The quantitative estimate of drug-likeness (QED) is 0.371. The van der Waals surface area contributed by atoms with Crippen molar-refractivity contribution in [3.05, 3.63) is 11.6 Å². The molecule has 0 aromatic rings. The Morgan fingerprint density at radius 2 is 1.92 bits per heavy atom. The maximum Gasteiger partial charge on any atom is 0.191 e. The number of fused-ring (bicyclic) bond motifs is 1. The van der Waals surface area contributed by atoms with E-state index in [1.54, 1.807) is 7.11 Å². The van der Waals surface area contributed by atoms with Crippen LogP contribution in [-0.4, -0.2) is 39.7 Å². The van der Waals surface area contributed by atoms with E-state index < -0.39 is 19.7 Å². The summed E-state index contributed by atoms with van der Waals surface area (Å²) < 4.78 is 18.4. The van der Waals surface area contributed by atoms with Crippen molar-refractivity contribution in [2.45, 2.75) is 83.4 Å². The zero-order valence-corrected chi connectivity index (χ0v) is 18.3. The minimum Gasteiger partial charge on any atom is -0.417 e. The number of allylic oxidation sites excluding steroid dienone is 1. The smallest absolute Gasteiger partial charge is 0.191 e. The highest BCUT2D eigenvalue weighted by molar-refractivity contribution is 6.74. The van der Waals surface area contributed by atoms with E-state index in [0.29, 0.717) is 11.8 Å². The molecule has 0 spiro atoms. The van der Waals surface area contributed by atoms with Crippen molar-refractivity contribution in [3.8, 4) is 0 Å². The van der Waals surface area contributed by atoms with Crippen LogP contribution in [0.3, 0.4) is 0 Å². The van der Waals surface area contributed by atoms with Gasteiger partial charge in [0.1, 0.15) is 6.29 Å². The molecule has 0 aromatic heterocycles. The fourth-order valence-electron chi connectivity index (χ4n) is 3.81. The monoisotopic (exact) mass is 368 g/mol. The summed E-state index contributed by atoms with van der Waals surface area (Å²) in [6, 6.07) is 0. The zero-order valence-electron chi connectivity index (χ0n) is 17.3. The number of carbonyl (C=O) groups is 1. The molecule has 0 aromatic carbocycles. The lowest BCUT2D eigenvalue weighted by molar-refractivity contribution is -0.253. The maximum absolute atomic E-state index is 11.4. The maximum atomic E-state index is 11.4. The lowest BCUT2D eigenvalue weighted by Crippen LogP contribution is -2.45. The van der Waals surface area contributed by atoms with Crippen LogP contribution in [0.5, 0.6) is 0 Å². The first-order valence-electron chi connectivity index (χ1n) is 9.42. The van der Waals surface area contributed by atoms with Crippen LogP contribution >= 0.6 is 0 Å². The molecule has 2 aliphatic rings. The van der Waals surface area contributed by atoms with Crippen LogP contribution in [0.2, 0.25) is 18.1 Å². The summed E-state index contributed by atoms with van der Waals surface area (Å²) >= 11 is 0. The van der Waals surface area contributed by atoms with Crippen molar-refractivity contribution in [3.63, 3.8) is 0 Å². The topological polar surface area (TPSA) is 44.8 Å². The summed E-state index contributed by atoms with van der Waals surface area (Å²) in [5, 5.41) is 0.207. The Balaban J connectivity index is 2.14. The van der Waals surface area contributed by atoms with Crippen molar-refractivity contribution in [1.82, 2.24) is 0 Å². The molecule has 0 amide bonds. The van der Waals surface area contributed by atoms with Crippen LogP contribution in [0.25, 0.3) is 0 Å². The van der Waals surface area contributed by atoms with Crippen LogP contribution in [0.1, 0.15) is 53.9 Å². The molecule has 3 unspecified atom stereocenters. The fraction of sp³-hybridized carbons (Fsp3) is 0.850. The molecule has 25 heavy (non-hydrogen) atoms. The third kappa shape index (κ3) is 4.26. The van der Waals surface area contributed by atoms with Crippen LogP contribution in [0, 0.1) is 11.8 Å². The summed E-state index contributed by atoms with van der Waals surface area (Å²) in [4.78, 5) is 11.4. The van der Waals surface area contributed by atoms with E-state index in [4.69, 9.17) is 13.9 Å². The zero-order chi connectivity index (χ0) is 19.1. The van der Waals surface area contributed by atoms with Gasteiger partial charge in [0.25, 0.3) is 0 Å². The second-order valence-electron chi connectivity index (χ2n) is 9.68. The van der Waals surface area contributed by atoms with Gasteiger partial charge in [-0.05, 0) is 68.8 Å². The molecule has 0 heterocycles. The highest BCUT2D eigenvalue weighted by Crippen LogP contribution is 2.53. The first kappa shape index (κ1) is 20.8. The van der Waals surface area contributed by atoms with Crippen molar-refractivity contribution in [2.75, 3.05) is 13.7 Å². The minimum absolute atomic E-state index is 0.207. The van der Waals surface area contributed by atoms with Gasteiger partial charge in [-0.3, -0.25) is 4.79 Å². The van der Waals surface area contributed by atoms with Gasteiger partial charge in [0.15, 0.2) is 14.1 Å². The van der Waals surface area contributed by atoms with Crippen LogP contribution in [-0.2, 0) is 18.7 Å². The molecule has 1 fully saturated rings. The summed E-state index contributed by atoms with van der Waals surface area (Å²) in [5.74, 6) is 0.0600. The third-order valence-corrected chi connectivity index (χ3v) is 11.0. The molecule has 144 valence electrons. The summed E-state index contributed by atoms with van der Waals surface area (Å²) in [6.07, 6.45) is 5.82. The van der Waals surface area contributed by atoms with Gasteiger partial charge < -0.3 is 13.9 Å². The number of aldehydes is 1. The highest BCUT2D eigenvalue weighted by Gasteiger charge is 2.54. The Hall–Kier alpha value is -0.493. The van der Waals surface area contributed by atoms with Gasteiger partial charge in [-0.25, -0.2) is 0 Å². The predicted molar refractivity (Wildman–Crippen MR) is 103 cm³/mol. The molecule has 0 N–H and O–H groups in total. The molecule has 2 aliphatic carbocycles. The largest absolute Gasteiger partial charge is 0.417 e. The van der Waals surface area contributed by atoms with Gasteiger partial charge in [0, 0.05) is 19.6 Å². The average molecular weight is 369 g/mol. The van der Waals surface area contributed by atoms with Gasteiger partial charge >= 0.3 is 0 Å². The lowest BCUT2D eigenvalue weighted by atomic mass is 9.88. The number of carbonyl (C=O) groups excluding carboxylic acids is 1. The molecule has 0 saturated heterocycles. The van der Waals surface area contributed by atoms with E-state index >= 15 is 0 Å². The molecule has 3 atom stereocenters. The molecular weight excluding hydrogens is 332 g/mol. The normalized spacial score (nSPS) is 30.3. The van der Waals surface area contributed by atoms with Gasteiger partial charge in [-0.2, -0.15) is 0 Å². The summed E-state index contributed by atoms with van der Waals surface area (Å²) in [5.41, 5.74) is 0.464. The first-order valence-corrected chi connectivity index (χ1v) is 12.3. The highest BCUT2D eigenvalue weighted by atomic mass is 28.4. The molecule has 0 aliphatic heterocycles. The Labute approximate surface area is 154 Å². The van der Waals surface area contributed by atoms with Crippen LogP contribution in [0.4, 0.5) is 0 Å². The standard InChI is InChI=1S/C20H36O4Si/c1-18(2,3)25(7,8)23-14-16-9-10-20(24-19(4,5)22-6)12-15(13-21)11-17(16)20/h12-13,16-17H,9-11,14H2,1-8H3. The molecule has 0 radical (unpaired) electrons. The number of methoxy groups -OCH3 is 1. The number of ether oxygens (including phenoxy) is 2. The second-order valence-corrected chi connectivity index (χ2v) is 14.5. The second kappa shape index (κ2) is 6.91. The predicted octanol–water partition coefficient (Wildman–Crippen LogP) is 4.70. The molecule has 2 rings (SSSR count). The SMILES string of the molecule is COC(C)(C)OC12C=C(C=O)CC1C(CO[Si](C)(C)C(C)(C)C)CC2. The van der Waals surface area contributed by atoms with Gasteiger partial charge in [-0.1, -0.05) is 20.8 Å². The summed E-state index contributed by atoms with van der Waals surface area (Å²) in [7, 11) is -0.107. The Morgan fingerprint density at radius 3 is 2.44 bits per heavy atom. The van der Waals surface area contributed by atoms with Crippen LogP contribution in [0.15, 0.2) is 11.6 Å². The van der Waals surface area contributed by atoms with E-state index in [0.717, 1.165) is 37.7 Å². The van der Waals surface area contributed by atoms with E-state index in [1.807, 2.05) is 13.8 Å². The molecule has 1 saturated carbocycles. The van der Waals surface area contributed by atoms with Gasteiger partial charge in [0.05, 0.1) is 5.60 Å². The number of hydrogen-bond acceptors (Lipinski definition) is 4. The Kier molecular flexibility index (Phi) is 5.75. The third-order valence-electron chi connectivity index (χ3n) is 6.53. The van der Waals surface area contributed by atoms with Gasteiger partial charge in [0.2, 0.25) is 0 Å². The molecule has 4 nitrogen and oxygen atoms in total.